The van der Waals surface area contributed by atoms with Crippen molar-refractivity contribution in [3.8, 4) is 23.0 Å². The quantitative estimate of drug-likeness (QED) is 0.161. The van der Waals surface area contributed by atoms with Crippen molar-refractivity contribution in [2.75, 3.05) is 22.1 Å². The third-order valence-corrected chi connectivity index (χ3v) is 5.82. The van der Waals surface area contributed by atoms with Crippen LogP contribution in [0.2, 0.25) is 0 Å². The molecule has 5 rings (SSSR count). The highest BCUT2D eigenvalue weighted by atomic mass is 16.5. The summed E-state index contributed by atoms with van der Waals surface area (Å²) in [5.74, 6) is 1.77. The van der Waals surface area contributed by atoms with Crippen LogP contribution in [-0.2, 0) is 0 Å². The fraction of sp³-hybridized carbons (Fsp3) is 0. The maximum atomic E-state index is 12.8. The number of amides is 2. The highest BCUT2D eigenvalue weighted by Gasteiger charge is 2.11. The second-order valence-corrected chi connectivity index (χ2v) is 8.88. The molecular formula is C32H26N4O4. The van der Waals surface area contributed by atoms with Gasteiger partial charge in [0.15, 0.2) is 0 Å². The second-order valence-electron chi connectivity index (χ2n) is 8.88. The normalized spacial score (nSPS) is 10.4. The van der Waals surface area contributed by atoms with Crippen LogP contribution in [0.25, 0.3) is 0 Å². The van der Waals surface area contributed by atoms with Crippen LogP contribution in [0.3, 0.4) is 0 Å². The molecule has 5 aromatic carbocycles. The summed E-state index contributed by atoms with van der Waals surface area (Å²) in [5, 5.41) is 5.70. The van der Waals surface area contributed by atoms with Crippen LogP contribution in [0, 0.1) is 0 Å². The molecule has 2 amide bonds. The first kappa shape index (κ1) is 25.9. The van der Waals surface area contributed by atoms with Crippen molar-refractivity contribution < 1.29 is 19.1 Å². The van der Waals surface area contributed by atoms with Gasteiger partial charge in [0, 0.05) is 46.0 Å². The largest absolute Gasteiger partial charge is 0.457 e. The Morgan fingerprint density at radius 1 is 0.475 bits per heavy atom. The maximum Gasteiger partial charge on any atom is 0.255 e. The molecule has 0 atom stereocenters. The van der Waals surface area contributed by atoms with E-state index in [0.29, 0.717) is 56.9 Å². The van der Waals surface area contributed by atoms with Crippen LogP contribution >= 0.6 is 0 Å². The van der Waals surface area contributed by atoms with E-state index in [9.17, 15) is 9.59 Å². The summed E-state index contributed by atoms with van der Waals surface area (Å²) in [6.07, 6.45) is 0. The van der Waals surface area contributed by atoms with Gasteiger partial charge in [-0.15, -0.1) is 0 Å². The van der Waals surface area contributed by atoms with E-state index in [1.165, 1.54) is 0 Å². The van der Waals surface area contributed by atoms with E-state index in [0.717, 1.165) is 0 Å². The molecule has 8 heteroatoms. The first-order valence-corrected chi connectivity index (χ1v) is 12.4. The van der Waals surface area contributed by atoms with Crippen molar-refractivity contribution >= 4 is 34.6 Å². The molecule has 0 unspecified atom stereocenters. The Hall–Kier alpha value is -5.76. The monoisotopic (exact) mass is 530 g/mol. The number of benzene rings is 5. The zero-order chi connectivity index (χ0) is 27.9. The minimum absolute atomic E-state index is 0.316. The average molecular weight is 531 g/mol. The van der Waals surface area contributed by atoms with Crippen molar-refractivity contribution in [3.05, 3.63) is 132 Å². The second kappa shape index (κ2) is 11.7. The number of hydrogen-bond acceptors (Lipinski definition) is 6. The summed E-state index contributed by atoms with van der Waals surface area (Å²) in [5.41, 5.74) is 14.7. The van der Waals surface area contributed by atoms with E-state index in [1.807, 2.05) is 0 Å². The summed E-state index contributed by atoms with van der Waals surface area (Å²) in [6, 6.07) is 34.6. The molecule has 198 valence electrons. The highest BCUT2D eigenvalue weighted by molar-refractivity contribution is 6.07. The molecule has 5 aromatic rings. The van der Waals surface area contributed by atoms with Gasteiger partial charge < -0.3 is 31.6 Å². The number of carbonyl (C=O) groups is 2. The predicted molar refractivity (Wildman–Crippen MR) is 157 cm³/mol. The van der Waals surface area contributed by atoms with Crippen LogP contribution in [0.15, 0.2) is 121 Å². The van der Waals surface area contributed by atoms with Crippen molar-refractivity contribution in [1.29, 1.82) is 0 Å². The average Bonchev–Trinajstić information content (AvgIpc) is 2.96. The third kappa shape index (κ3) is 6.76. The molecule has 0 aliphatic carbocycles. The van der Waals surface area contributed by atoms with Crippen molar-refractivity contribution in [3.63, 3.8) is 0 Å². The summed E-state index contributed by atoms with van der Waals surface area (Å²) in [4.78, 5) is 25.6. The van der Waals surface area contributed by atoms with Crippen LogP contribution in [0.5, 0.6) is 23.0 Å². The summed E-state index contributed by atoms with van der Waals surface area (Å²) >= 11 is 0. The minimum Gasteiger partial charge on any atom is -0.457 e. The number of ether oxygens (including phenoxy) is 2. The fourth-order valence-corrected chi connectivity index (χ4v) is 3.80. The maximum absolute atomic E-state index is 12.8. The lowest BCUT2D eigenvalue weighted by atomic mass is 10.1. The number of nitrogens with two attached hydrogens (primary N) is 2. The molecule has 0 spiro atoms. The zero-order valence-electron chi connectivity index (χ0n) is 21.3. The SMILES string of the molecule is Nc1ccc(Oc2cccc(NC(=O)c3ccc(C(=O)Nc4cccc(Oc5ccc(N)cc5)c4)cc3)c2)cc1. The lowest BCUT2D eigenvalue weighted by Crippen LogP contribution is -2.14. The van der Waals surface area contributed by atoms with E-state index < -0.39 is 0 Å². The van der Waals surface area contributed by atoms with Crippen LogP contribution in [0.4, 0.5) is 22.7 Å². The number of rotatable bonds is 8. The smallest absolute Gasteiger partial charge is 0.255 e. The molecule has 40 heavy (non-hydrogen) atoms. The Kier molecular flexibility index (Phi) is 7.60. The summed E-state index contributed by atoms with van der Waals surface area (Å²) in [6.45, 7) is 0. The van der Waals surface area contributed by atoms with Crippen molar-refractivity contribution in [2.24, 2.45) is 0 Å². The Morgan fingerprint density at radius 3 is 1.23 bits per heavy atom. The molecular weight excluding hydrogens is 504 g/mol. The summed E-state index contributed by atoms with van der Waals surface area (Å²) < 4.78 is 11.7. The molecule has 0 fully saturated rings. The minimum atomic E-state index is -0.316. The molecule has 8 nitrogen and oxygen atoms in total. The number of hydrogen-bond donors (Lipinski definition) is 4. The van der Waals surface area contributed by atoms with Crippen LogP contribution in [0.1, 0.15) is 20.7 Å². The van der Waals surface area contributed by atoms with Crippen LogP contribution in [-0.4, -0.2) is 11.8 Å². The van der Waals surface area contributed by atoms with Gasteiger partial charge in [-0.1, -0.05) is 12.1 Å². The molecule has 6 N–H and O–H groups in total. The highest BCUT2D eigenvalue weighted by Crippen LogP contribution is 2.26. The third-order valence-electron chi connectivity index (χ3n) is 5.82. The number of anilines is 4. The molecule has 0 saturated carbocycles. The van der Waals surface area contributed by atoms with E-state index in [2.05, 4.69) is 10.6 Å². The van der Waals surface area contributed by atoms with Crippen molar-refractivity contribution in [2.45, 2.75) is 0 Å². The van der Waals surface area contributed by atoms with Gasteiger partial charge in [0.05, 0.1) is 0 Å². The lowest BCUT2D eigenvalue weighted by molar-refractivity contribution is 0.101. The first-order valence-electron chi connectivity index (χ1n) is 12.4. The van der Waals surface area contributed by atoms with Gasteiger partial charge in [0.1, 0.15) is 23.0 Å². The lowest BCUT2D eigenvalue weighted by Gasteiger charge is -2.10. The van der Waals surface area contributed by atoms with E-state index >= 15 is 0 Å². The van der Waals surface area contributed by atoms with Gasteiger partial charge >= 0.3 is 0 Å². The van der Waals surface area contributed by atoms with E-state index in [4.69, 9.17) is 20.9 Å². The molecule has 0 heterocycles. The van der Waals surface area contributed by atoms with Crippen molar-refractivity contribution in [1.82, 2.24) is 0 Å². The van der Waals surface area contributed by atoms with E-state index in [1.54, 1.807) is 121 Å². The van der Waals surface area contributed by atoms with Gasteiger partial charge in [-0.25, -0.2) is 0 Å². The molecule has 0 aromatic heterocycles. The molecule has 0 saturated heterocycles. The molecule has 0 bridgehead atoms. The van der Waals surface area contributed by atoms with Gasteiger partial charge in [0.25, 0.3) is 11.8 Å². The number of nitrogens with one attached hydrogen (secondary N) is 2. The van der Waals surface area contributed by atoms with Crippen LogP contribution < -0.4 is 31.6 Å². The zero-order valence-corrected chi connectivity index (χ0v) is 21.3. The first-order chi connectivity index (χ1) is 19.4. The van der Waals surface area contributed by atoms with Gasteiger partial charge in [-0.3, -0.25) is 9.59 Å². The Bertz CT molecular complexity index is 1510. The number of nitrogen functional groups attached to an aromatic ring is 2. The fourth-order valence-electron chi connectivity index (χ4n) is 3.80. The van der Waals surface area contributed by atoms with Gasteiger partial charge in [0.2, 0.25) is 0 Å². The predicted octanol–water partition coefficient (Wildman–Crippen LogP) is 6.94. The van der Waals surface area contributed by atoms with Gasteiger partial charge in [-0.2, -0.15) is 0 Å². The Morgan fingerprint density at radius 2 is 0.850 bits per heavy atom. The molecule has 0 radical (unpaired) electrons. The number of carbonyl (C=O) groups excluding carboxylic acids is 2. The summed E-state index contributed by atoms with van der Waals surface area (Å²) in [7, 11) is 0. The standard InChI is InChI=1S/C32H26N4O4/c33-23-11-15-27(16-12-23)39-29-5-1-3-25(19-29)35-31(37)21-7-9-22(10-8-21)32(38)36-26-4-2-6-30(20-26)40-28-17-13-24(34)14-18-28/h1-20H,33-34H2,(H,35,37)(H,36,38). The topological polar surface area (TPSA) is 129 Å². The Labute approximate surface area is 231 Å². The van der Waals surface area contributed by atoms with Gasteiger partial charge in [-0.05, 0) is 97.1 Å². The molecule has 0 aliphatic heterocycles. The molecule has 0 aliphatic rings. The van der Waals surface area contributed by atoms with E-state index in [-0.39, 0.29) is 11.8 Å². The Balaban J connectivity index is 1.19.